The highest BCUT2D eigenvalue weighted by atomic mass is 16.2. The van der Waals surface area contributed by atoms with Crippen LogP contribution in [0, 0.1) is 6.92 Å². The molecule has 1 N–H and O–H groups in total. The van der Waals surface area contributed by atoms with Crippen molar-refractivity contribution >= 4 is 5.91 Å². The van der Waals surface area contributed by atoms with Gasteiger partial charge >= 0.3 is 0 Å². The Morgan fingerprint density at radius 3 is 2.76 bits per heavy atom. The van der Waals surface area contributed by atoms with Gasteiger partial charge in [-0.3, -0.25) is 14.9 Å². The number of piperidine rings is 1. The lowest BCUT2D eigenvalue weighted by atomic mass is 10.0. The number of hydrogen-bond acceptors (Lipinski definition) is 5. The van der Waals surface area contributed by atoms with E-state index in [1.54, 1.807) is 12.4 Å². The number of carbonyl (C=O) groups excluding carboxylic acids is 1. The van der Waals surface area contributed by atoms with E-state index in [2.05, 4.69) is 25.5 Å². The van der Waals surface area contributed by atoms with Gasteiger partial charge in [-0.15, -0.1) is 5.10 Å². The number of amides is 1. The van der Waals surface area contributed by atoms with Gasteiger partial charge in [-0.05, 0) is 31.9 Å². The Kier molecular flexibility index (Phi) is 4.01. The molecule has 1 amide bonds. The molecule has 0 bridgehead atoms. The van der Waals surface area contributed by atoms with E-state index >= 15 is 0 Å². The second kappa shape index (κ2) is 6.46. The van der Waals surface area contributed by atoms with Crippen LogP contribution in [-0.2, 0) is 0 Å². The van der Waals surface area contributed by atoms with Gasteiger partial charge in [0.2, 0.25) is 0 Å². The minimum atomic E-state index is 0.0393. The monoisotopic (exact) mass is 337 g/mol. The van der Waals surface area contributed by atoms with E-state index in [0.29, 0.717) is 18.7 Å². The van der Waals surface area contributed by atoms with E-state index in [-0.39, 0.29) is 11.9 Å². The van der Waals surface area contributed by atoms with Crippen molar-refractivity contribution in [2.75, 3.05) is 13.1 Å². The second-order valence-electron chi connectivity index (χ2n) is 6.23. The normalized spacial score (nSPS) is 15.5. The van der Waals surface area contributed by atoms with Crippen molar-refractivity contribution in [3.63, 3.8) is 0 Å². The number of nitrogens with zero attached hydrogens (tertiary/aromatic N) is 6. The van der Waals surface area contributed by atoms with E-state index in [4.69, 9.17) is 0 Å². The Bertz CT molecular complexity index is 862. The Hall–Kier alpha value is -3.03. The first-order valence-electron chi connectivity index (χ1n) is 8.35. The Labute approximate surface area is 144 Å². The molecule has 0 saturated carbocycles. The molecule has 8 nitrogen and oxygen atoms in total. The van der Waals surface area contributed by atoms with Crippen molar-refractivity contribution in [2.24, 2.45) is 0 Å². The molecule has 1 fully saturated rings. The van der Waals surface area contributed by atoms with E-state index < -0.39 is 0 Å². The third-order valence-corrected chi connectivity index (χ3v) is 4.62. The van der Waals surface area contributed by atoms with Gasteiger partial charge in [0, 0.05) is 25.0 Å². The fourth-order valence-electron chi connectivity index (χ4n) is 3.16. The number of carbonyl (C=O) groups is 1. The number of nitrogens with one attached hydrogen (secondary N) is 1. The number of rotatable bonds is 3. The molecule has 3 aromatic heterocycles. The van der Waals surface area contributed by atoms with Crippen molar-refractivity contribution in [1.29, 1.82) is 0 Å². The van der Waals surface area contributed by atoms with E-state index in [1.807, 2.05) is 40.9 Å². The highest BCUT2D eigenvalue weighted by Gasteiger charge is 2.26. The van der Waals surface area contributed by atoms with Crippen molar-refractivity contribution in [3.05, 3.63) is 48.0 Å². The van der Waals surface area contributed by atoms with Crippen LogP contribution in [0.3, 0.4) is 0 Å². The van der Waals surface area contributed by atoms with Crippen LogP contribution < -0.4 is 0 Å². The van der Waals surface area contributed by atoms with Gasteiger partial charge in [-0.2, -0.15) is 5.10 Å². The van der Waals surface area contributed by atoms with Gasteiger partial charge in [0.25, 0.3) is 5.91 Å². The summed E-state index contributed by atoms with van der Waals surface area (Å²) in [7, 11) is 0. The molecule has 8 heteroatoms. The lowest BCUT2D eigenvalue weighted by molar-refractivity contribution is 0.0688. The first-order valence-corrected chi connectivity index (χ1v) is 8.35. The summed E-state index contributed by atoms with van der Waals surface area (Å²) in [6.07, 6.45) is 6.99. The Balaban J connectivity index is 1.42. The summed E-state index contributed by atoms with van der Waals surface area (Å²) in [4.78, 5) is 18.7. The molecule has 0 atom stereocenters. The summed E-state index contributed by atoms with van der Waals surface area (Å²) in [5, 5.41) is 15.2. The molecule has 1 aliphatic rings. The number of hydrogen-bond donors (Lipinski definition) is 1. The zero-order valence-electron chi connectivity index (χ0n) is 14.0. The summed E-state index contributed by atoms with van der Waals surface area (Å²) in [6, 6.07) is 5.98. The topological polar surface area (TPSA) is 92.6 Å². The van der Waals surface area contributed by atoms with Crippen LogP contribution in [-0.4, -0.2) is 54.1 Å². The average Bonchev–Trinajstić information content (AvgIpc) is 3.31. The number of pyridine rings is 1. The molecule has 1 saturated heterocycles. The number of aromatic nitrogens is 6. The van der Waals surface area contributed by atoms with Crippen molar-refractivity contribution in [2.45, 2.75) is 25.8 Å². The molecule has 0 spiro atoms. The molecular weight excluding hydrogens is 318 g/mol. The molecule has 0 aliphatic carbocycles. The molecule has 128 valence electrons. The predicted molar refractivity (Wildman–Crippen MR) is 90.8 cm³/mol. The van der Waals surface area contributed by atoms with Gasteiger partial charge < -0.3 is 4.90 Å². The maximum absolute atomic E-state index is 12.5. The number of H-pyrrole nitrogens is 1. The van der Waals surface area contributed by atoms with Crippen LogP contribution in [0.25, 0.3) is 11.4 Å². The van der Waals surface area contributed by atoms with Crippen molar-refractivity contribution in [1.82, 2.24) is 35.1 Å². The van der Waals surface area contributed by atoms with Crippen LogP contribution in [0.2, 0.25) is 0 Å². The first kappa shape index (κ1) is 15.5. The third-order valence-electron chi connectivity index (χ3n) is 4.62. The first-order chi connectivity index (χ1) is 12.2. The number of aryl methyl sites for hydroxylation is 1. The van der Waals surface area contributed by atoms with Crippen LogP contribution >= 0.6 is 0 Å². The summed E-state index contributed by atoms with van der Waals surface area (Å²) in [5.74, 6) is 0.0393. The minimum absolute atomic E-state index is 0.0393. The lowest BCUT2D eigenvalue weighted by Crippen LogP contribution is -2.39. The molecule has 0 radical (unpaired) electrons. The lowest BCUT2D eigenvalue weighted by Gasteiger charge is -2.31. The standard InChI is InChI=1S/C17H19N7O/c1-12-14(10-19-20-12)17(25)23-8-5-13(6-9-23)24-11-16(21-22-24)15-4-2-3-7-18-15/h2-4,7,10-11,13H,5-6,8-9H2,1H3,(H,19,20). The van der Waals surface area contributed by atoms with E-state index in [9.17, 15) is 4.79 Å². The van der Waals surface area contributed by atoms with E-state index in [1.165, 1.54) is 0 Å². The minimum Gasteiger partial charge on any atom is -0.338 e. The van der Waals surface area contributed by atoms with Crippen molar-refractivity contribution in [3.8, 4) is 11.4 Å². The molecule has 25 heavy (non-hydrogen) atoms. The Morgan fingerprint density at radius 1 is 1.24 bits per heavy atom. The average molecular weight is 337 g/mol. The number of aromatic amines is 1. The molecule has 0 aromatic carbocycles. The maximum Gasteiger partial charge on any atom is 0.257 e. The van der Waals surface area contributed by atoms with Gasteiger partial charge in [0.05, 0.1) is 29.7 Å². The third kappa shape index (κ3) is 3.02. The summed E-state index contributed by atoms with van der Waals surface area (Å²) < 4.78 is 1.90. The SMILES string of the molecule is Cc1[nH]ncc1C(=O)N1CCC(n2cc(-c3ccccn3)nn2)CC1. The predicted octanol–water partition coefficient (Wildman–Crippen LogP) is 1.85. The highest BCUT2D eigenvalue weighted by molar-refractivity contribution is 5.95. The molecular formula is C17H19N7O. The fraction of sp³-hybridized carbons (Fsp3) is 0.353. The molecule has 0 unspecified atom stereocenters. The zero-order chi connectivity index (χ0) is 17.2. The summed E-state index contributed by atoms with van der Waals surface area (Å²) in [5.41, 5.74) is 3.05. The van der Waals surface area contributed by atoms with Gasteiger partial charge in [0.1, 0.15) is 5.69 Å². The molecule has 3 aromatic rings. The molecule has 1 aliphatic heterocycles. The van der Waals surface area contributed by atoms with Crippen LogP contribution in [0.1, 0.15) is 34.9 Å². The summed E-state index contributed by atoms with van der Waals surface area (Å²) >= 11 is 0. The Morgan fingerprint density at radius 2 is 2.08 bits per heavy atom. The smallest absolute Gasteiger partial charge is 0.257 e. The maximum atomic E-state index is 12.5. The largest absolute Gasteiger partial charge is 0.338 e. The van der Waals surface area contributed by atoms with Crippen LogP contribution in [0.4, 0.5) is 0 Å². The zero-order valence-corrected chi connectivity index (χ0v) is 14.0. The van der Waals surface area contributed by atoms with Crippen LogP contribution in [0.5, 0.6) is 0 Å². The number of likely N-dealkylation sites (tertiary alicyclic amines) is 1. The van der Waals surface area contributed by atoms with Gasteiger partial charge in [-0.25, -0.2) is 4.68 Å². The highest BCUT2D eigenvalue weighted by Crippen LogP contribution is 2.24. The molecule has 4 heterocycles. The van der Waals surface area contributed by atoms with Crippen LogP contribution in [0.15, 0.2) is 36.8 Å². The fourth-order valence-corrected chi connectivity index (χ4v) is 3.16. The molecule has 4 rings (SSSR count). The quantitative estimate of drug-likeness (QED) is 0.787. The summed E-state index contributed by atoms with van der Waals surface area (Å²) in [6.45, 7) is 3.27. The second-order valence-corrected chi connectivity index (χ2v) is 6.23. The van der Waals surface area contributed by atoms with Crippen molar-refractivity contribution < 1.29 is 4.79 Å². The van der Waals surface area contributed by atoms with E-state index in [0.717, 1.165) is 29.9 Å². The van der Waals surface area contributed by atoms with Gasteiger partial charge in [0.15, 0.2) is 0 Å². The van der Waals surface area contributed by atoms with Gasteiger partial charge in [-0.1, -0.05) is 11.3 Å².